The van der Waals surface area contributed by atoms with E-state index in [0.717, 1.165) is 0 Å². The largest absolute Gasteiger partial charge is 0.345 e. The lowest BCUT2D eigenvalue weighted by molar-refractivity contribution is 0.0888. The van der Waals surface area contributed by atoms with Crippen LogP contribution in [0.4, 0.5) is 0 Å². The van der Waals surface area contributed by atoms with Crippen molar-refractivity contribution in [3.63, 3.8) is 0 Å². The second-order valence-corrected chi connectivity index (χ2v) is 9.63. The van der Waals surface area contributed by atoms with Crippen molar-refractivity contribution < 1.29 is 19.2 Å². The molecule has 5 rings (SSSR count). The van der Waals surface area contributed by atoms with Crippen molar-refractivity contribution in [2.45, 2.75) is 26.2 Å². The van der Waals surface area contributed by atoms with Crippen LogP contribution in [0.15, 0.2) is 97.6 Å². The minimum absolute atomic E-state index is 0.00384. The fourth-order valence-electron chi connectivity index (χ4n) is 4.10. The highest BCUT2D eigenvalue weighted by Crippen LogP contribution is 2.13. The molecule has 0 aliphatic carbocycles. The fourth-order valence-corrected chi connectivity index (χ4v) is 4.10. The number of hydrogen-bond donors (Lipinski definition) is 4. The first-order chi connectivity index (χ1) is 22.5. The Labute approximate surface area is 263 Å². The molecule has 0 saturated heterocycles. The number of nitrogens with one attached hydrogen (secondary N) is 4. The lowest BCUT2D eigenvalue weighted by Gasteiger charge is -2.15. The van der Waals surface area contributed by atoms with Crippen LogP contribution in [0.3, 0.4) is 0 Å². The molecule has 5 aromatic rings. The van der Waals surface area contributed by atoms with Gasteiger partial charge in [0.25, 0.3) is 23.6 Å². The first-order valence-electron chi connectivity index (χ1n) is 14.1. The van der Waals surface area contributed by atoms with E-state index in [1.165, 1.54) is 0 Å². The predicted molar refractivity (Wildman–Crippen MR) is 164 cm³/mol. The lowest BCUT2D eigenvalue weighted by Crippen LogP contribution is -2.36. The third-order valence-corrected chi connectivity index (χ3v) is 6.38. The molecule has 14 nitrogen and oxygen atoms in total. The van der Waals surface area contributed by atoms with Crippen LogP contribution in [0.1, 0.15) is 64.7 Å². The van der Waals surface area contributed by atoms with Gasteiger partial charge in [0.1, 0.15) is 0 Å². The highest BCUT2D eigenvalue weighted by molar-refractivity contribution is 6.09. The molecule has 0 saturated carbocycles. The molecule has 0 aliphatic rings. The summed E-state index contributed by atoms with van der Waals surface area (Å²) in [4.78, 5) is 79.2. The van der Waals surface area contributed by atoms with E-state index in [0.29, 0.717) is 22.8 Å². The highest BCUT2D eigenvalue weighted by Gasteiger charge is 2.29. The molecule has 4 amide bonds. The summed E-state index contributed by atoms with van der Waals surface area (Å²) in [6.07, 6.45) is 6.28. The maximum Gasteiger partial charge on any atom is 0.272 e. The van der Waals surface area contributed by atoms with E-state index in [1.807, 2.05) is 0 Å². The number of nitrogens with zero attached hydrogens (tertiary/aromatic N) is 6. The zero-order valence-electron chi connectivity index (χ0n) is 24.4. The van der Waals surface area contributed by atoms with Crippen LogP contribution in [0.2, 0.25) is 0 Å². The van der Waals surface area contributed by atoms with Crippen LogP contribution in [0.25, 0.3) is 0 Å². The first-order valence-corrected chi connectivity index (χ1v) is 14.1. The standard InChI is InChI=1S/C32H28N10O4/c43-29(37-17-21-9-1-5-13-33-21)25-26(30(44)38-18-22-10-2-6-14-34-22)42-28(32(46)40-20-24-12-4-8-16-36-24)27(41-25)31(45)39-19-23-11-3-7-15-35-23/h1-16H,17-20H2,(H,37,43)(H,38,44)(H,39,45)(H,40,46). The zero-order valence-corrected chi connectivity index (χ0v) is 24.4. The van der Waals surface area contributed by atoms with Gasteiger partial charge in [0.15, 0.2) is 22.8 Å². The van der Waals surface area contributed by atoms with Crippen molar-refractivity contribution in [3.8, 4) is 0 Å². The maximum absolute atomic E-state index is 13.5. The second kappa shape index (κ2) is 15.3. The Morgan fingerprint density at radius 1 is 0.391 bits per heavy atom. The number of amides is 4. The third kappa shape index (κ3) is 8.35. The normalized spacial score (nSPS) is 10.4. The van der Waals surface area contributed by atoms with E-state index in [9.17, 15) is 19.2 Å². The molecule has 0 unspecified atom stereocenters. The van der Waals surface area contributed by atoms with E-state index < -0.39 is 46.4 Å². The predicted octanol–water partition coefficient (Wildman–Crippen LogP) is 1.78. The third-order valence-electron chi connectivity index (χ3n) is 6.38. The number of pyridine rings is 4. The number of aromatic nitrogens is 6. The summed E-state index contributed by atoms with van der Waals surface area (Å²) in [5.74, 6) is -3.22. The molecule has 4 N–H and O–H groups in total. The summed E-state index contributed by atoms with van der Waals surface area (Å²) in [6, 6.07) is 20.8. The average molecular weight is 617 g/mol. The van der Waals surface area contributed by atoms with Gasteiger partial charge in [0, 0.05) is 24.8 Å². The van der Waals surface area contributed by atoms with Crippen molar-refractivity contribution in [2.75, 3.05) is 0 Å². The maximum atomic E-state index is 13.5. The van der Waals surface area contributed by atoms with Gasteiger partial charge in [-0.1, -0.05) is 24.3 Å². The topological polar surface area (TPSA) is 194 Å². The molecular weight excluding hydrogens is 588 g/mol. The van der Waals surface area contributed by atoms with Gasteiger partial charge < -0.3 is 21.3 Å². The van der Waals surface area contributed by atoms with E-state index in [4.69, 9.17) is 0 Å². The number of carbonyl (C=O) groups is 4. The smallest absolute Gasteiger partial charge is 0.272 e. The molecular formula is C32H28N10O4. The molecule has 0 fully saturated rings. The monoisotopic (exact) mass is 616 g/mol. The minimum Gasteiger partial charge on any atom is -0.345 e. The van der Waals surface area contributed by atoms with E-state index in [2.05, 4.69) is 51.2 Å². The summed E-state index contributed by atoms with van der Waals surface area (Å²) in [7, 11) is 0. The van der Waals surface area contributed by atoms with E-state index in [-0.39, 0.29) is 26.2 Å². The lowest BCUT2D eigenvalue weighted by atomic mass is 10.1. The Kier molecular flexibility index (Phi) is 10.3. The molecule has 0 aliphatic heterocycles. The van der Waals surface area contributed by atoms with Gasteiger partial charge in [0.2, 0.25) is 0 Å². The summed E-state index contributed by atoms with van der Waals surface area (Å²) in [5.41, 5.74) is 0.343. The van der Waals surface area contributed by atoms with Gasteiger partial charge in [-0.2, -0.15) is 0 Å². The number of hydrogen-bond acceptors (Lipinski definition) is 10. The molecule has 0 aromatic carbocycles. The van der Waals surface area contributed by atoms with Crippen LogP contribution < -0.4 is 21.3 Å². The Morgan fingerprint density at radius 2 is 0.630 bits per heavy atom. The van der Waals surface area contributed by atoms with Crippen molar-refractivity contribution in [2.24, 2.45) is 0 Å². The zero-order chi connectivity index (χ0) is 32.1. The summed E-state index contributed by atoms with van der Waals surface area (Å²) < 4.78 is 0. The number of carbonyl (C=O) groups excluding carboxylic acids is 4. The molecule has 0 radical (unpaired) electrons. The van der Waals surface area contributed by atoms with Gasteiger partial charge in [0.05, 0.1) is 49.0 Å². The van der Waals surface area contributed by atoms with Crippen molar-refractivity contribution in [1.82, 2.24) is 51.2 Å². The fraction of sp³-hybridized carbons (Fsp3) is 0.125. The van der Waals surface area contributed by atoms with Crippen LogP contribution in [0, 0.1) is 0 Å². The molecule has 230 valence electrons. The Morgan fingerprint density at radius 3 is 0.826 bits per heavy atom. The second-order valence-electron chi connectivity index (χ2n) is 9.63. The van der Waals surface area contributed by atoms with Gasteiger partial charge in [-0.25, -0.2) is 9.97 Å². The summed E-state index contributed by atoms with van der Waals surface area (Å²) in [5, 5.41) is 10.6. The number of rotatable bonds is 12. The SMILES string of the molecule is O=C(NCc1ccccn1)c1nc(C(=O)NCc2ccccn2)c(C(=O)NCc2ccccn2)nc1C(=O)NCc1ccccn1. The van der Waals surface area contributed by atoms with Crippen molar-refractivity contribution in [3.05, 3.63) is 143 Å². The van der Waals surface area contributed by atoms with Gasteiger partial charge in [-0.3, -0.25) is 39.1 Å². The Balaban J connectivity index is 1.50. The summed E-state index contributed by atoms with van der Waals surface area (Å²) in [6.45, 7) is 0.0153. The summed E-state index contributed by atoms with van der Waals surface area (Å²) >= 11 is 0. The highest BCUT2D eigenvalue weighted by atomic mass is 16.2. The first kappa shape index (κ1) is 31.0. The van der Waals surface area contributed by atoms with Crippen LogP contribution >= 0.6 is 0 Å². The van der Waals surface area contributed by atoms with Gasteiger partial charge in [-0.05, 0) is 48.5 Å². The molecule has 0 atom stereocenters. The van der Waals surface area contributed by atoms with Gasteiger partial charge in [-0.15, -0.1) is 0 Å². The van der Waals surface area contributed by atoms with Crippen molar-refractivity contribution >= 4 is 23.6 Å². The Bertz CT molecular complexity index is 1550. The average Bonchev–Trinajstić information content (AvgIpc) is 3.12. The molecule has 46 heavy (non-hydrogen) atoms. The molecule has 0 spiro atoms. The van der Waals surface area contributed by atoms with Crippen LogP contribution in [0.5, 0.6) is 0 Å². The van der Waals surface area contributed by atoms with Crippen molar-refractivity contribution in [1.29, 1.82) is 0 Å². The molecule has 5 aromatic heterocycles. The molecule has 14 heteroatoms. The quantitative estimate of drug-likeness (QED) is 0.161. The van der Waals surface area contributed by atoms with Crippen LogP contribution in [-0.2, 0) is 26.2 Å². The minimum atomic E-state index is -0.805. The van der Waals surface area contributed by atoms with E-state index in [1.54, 1.807) is 97.6 Å². The molecule has 5 heterocycles. The van der Waals surface area contributed by atoms with Gasteiger partial charge >= 0.3 is 0 Å². The Hall–Kier alpha value is -6.44. The van der Waals surface area contributed by atoms with Crippen LogP contribution in [-0.4, -0.2) is 53.5 Å². The van der Waals surface area contributed by atoms with E-state index >= 15 is 0 Å². The molecule has 0 bridgehead atoms.